The third-order valence-corrected chi connectivity index (χ3v) is 0.923. The van der Waals surface area contributed by atoms with E-state index < -0.39 is 0 Å². The van der Waals surface area contributed by atoms with Crippen molar-refractivity contribution in [3.8, 4) is 0 Å². The highest BCUT2D eigenvalue weighted by molar-refractivity contribution is 5.40. The molecular formula is C8H19N3. The maximum absolute atomic E-state index is 4.50. The van der Waals surface area contributed by atoms with Gasteiger partial charge < -0.3 is 5.73 Å². The van der Waals surface area contributed by atoms with Crippen molar-refractivity contribution in [1.82, 2.24) is 0 Å². The van der Waals surface area contributed by atoms with Crippen LogP contribution in [0.5, 0.6) is 0 Å². The summed E-state index contributed by atoms with van der Waals surface area (Å²) in [7, 11) is 1.50. The van der Waals surface area contributed by atoms with Crippen molar-refractivity contribution in [2.24, 2.45) is 15.7 Å². The molecule has 0 fully saturated rings. The van der Waals surface area contributed by atoms with Gasteiger partial charge in [-0.05, 0) is 20.4 Å². The Labute approximate surface area is 69.4 Å². The molecule has 0 unspecified atom stereocenters. The normalized spacial score (nSPS) is 7.27. The van der Waals surface area contributed by atoms with E-state index >= 15 is 0 Å². The molecule has 0 amide bonds. The van der Waals surface area contributed by atoms with Crippen molar-refractivity contribution < 1.29 is 0 Å². The highest BCUT2D eigenvalue weighted by Crippen LogP contribution is 1.84. The zero-order valence-electron chi connectivity index (χ0n) is 7.80. The Morgan fingerprint density at radius 3 is 2.27 bits per heavy atom. The molecule has 0 aliphatic heterocycles. The highest BCUT2D eigenvalue weighted by Gasteiger charge is 1.74. The first-order chi connectivity index (χ1) is 5.41. The van der Waals surface area contributed by atoms with Crippen LogP contribution in [0.25, 0.3) is 0 Å². The number of nitrogens with zero attached hydrogens (tertiary/aromatic N) is 2. The Morgan fingerprint density at radius 2 is 1.82 bits per heavy atom. The SMILES string of the molecule is CCCCN=C=NCC.CN. The number of hydrogen-bond acceptors (Lipinski definition) is 3. The number of rotatable bonds is 4. The Bertz CT molecular complexity index is 104. The summed E-state index contributed by atoms with van der Waals surface area (Å²) >= 11 is 0. The van der Waals surface area contributed by atoms with Crippen LogP contribution in [0, 0.1) is 0 Å². The first-order valence-corrected chi connectivity index (χ1v) is 4.07. The van der Waals surface area contributed by atoms with Crippen molar-refractivity contribution >= 4 is 6.01 Å². The van der Waals surface area contributed by atoms with Gasteiger partial charge in [0.25, 0.3) is 0 Å². The van der Waals surface area contributed by atoms with Crippen LogP contribution < -0.4 is 5.73 Å². The summed E-state index contributed by atoms with van der Waals surface area (Å²) < 4.78 is 0. The van der Waals surface area contributed by atoms with E-state index in [0.717, 1.165) is 19.5 Å². The molecule has 0 aromatic heterocycles. The average Bonchev–Trinajstić information content (AvgIpc) is 2.08. The maximum atomic E-state index is 4.50. The summed E-state index contributed by atoms with van der Waals surface area (Å²) in [6.07, 6.45) is 2.34. The Balaban J connectivity index is 0. The van der Waals surface area contributed by atoms with Gasteiger partial charge in [-0.25, -0.2) is 9.98 Å². The number of unbranched alkanes of at least 4 members (excludes halogenated alkanes) is 1. The third-order valence-electron chi connectivity index (χ3n) is 0.923. The number of hydrogen-bond donors (Lipinski definition) is 1. The summed E-state index contributed by atoms with van der Waals surface area (Å²) in [6.45, 7) is 5.78. The Kier molecular flexibility index (Phi) is 19.1. The molecule has 0 aromatic rings. The molecule has 11 heavy (non-hydrogen) atoms. The van der Waals surface area contributed by atoms with Crippen LogP contribution in [0.1, 0.15) is 26.7 Å². The van der Waals surface area contributed by atoms with E-state index in [-0.39, 0.29) is 0 Å². The fraction of sp³-hybridized carbons (Fsp3) is 0.875. The van der Waals surface area contributed by atoms with Gasteiger partial charge in [0.2, 0.25) is 0 Å². The van der Waals surface area contributed by atoms with Crippen molar-refractivity contribution in [3.05, 3.63) is 0 Å². The van der Waals surface area contributed by atoms with E-state index in [1.807, 2.05) is 6.92 Å². The van der Waals surface area contributed by atoms with E-state index in [0.29, 0.717) is 0 Å². The minimum absolute atomic E-state index is 0.787. The minimum atomic E-state index is 0.787. The van der Waals surface area contributed by atoms with Gasteiger partial charge in [-0.2, -0.15) is 0 Å². The monoisotopic (exact) mass is 157 g/mol. The fourth-order valence-electron chi connectivity index (χ4n) is 0.408. The second kappa shape index (κ2) is 16.2. The highest BCUT2D eigenvalue weighted by atomic mass is 14.8. The van der Waals surface area contributed by atoms with Crippen LogP contribution in [0.4, 0.5) is 0 Å². The molecule has 0 atom stereocenters. The summed E-state index contributed by atoms with van der Waals surface area (Å²) in [6, 6.07) is 2.62. The van der Waals surface area contributed by atoms with Gasteiger partial charge in [0.05, 0.1) is 6.01 Å². The molecule has 0 bridgehead atoms. The van der Waals surface area contributed by atoms with Crippen LogP contribution in [-0.4, -0.2) is 26.1 Å². The number of aliphatic imine (C=N–C) groups is 2. The molecule has 3 heteroatoms. The van der Waals surface area contributed by atoms with Gasteiger partial charge in [0, 0.05) is 13.1 Å². The topological polar surface area (TPSA) is 50.7 Å². The third kappa shape index (κ3) is 17.6. The molecule has 0 heterocycles. The molecule has 3 nitrogen and oxygen atoms in total. The zero-order valence-corrected chi connectivity index (χ0v) is 7.80. The molecule has 2 N–H and O–H groups in total. The minimum Gasteiger partial charge on any atom is -0.333 e. The summed E-state index contributed by atoms with van der Waals surface area (Å²) in [5.74, 6) is 0. The van der Waals surface area contributed by atoms with E-state index in [2.05, 4.69) is 28.7 Å². The van der Waals surface area contributed by atoms with Crippen molar-refractivity contribution in [2.45, 2.75) is 26.7 Å². The zero-order chi connectivity index (χ0) is 8.95. The van der Waals surface area contributed by atoms with Gasteiger partial charge in [-0.1, -0.05) is 13.3 Å². The molecule has 0 saturated heterocycles. The molecule has 0 radical (unpaired) electrons. The van der Waals surface area contributed by atoms with Gasteiger partial charge in [0.1, 0.15) is 0 Å². The second-order valence-corrected chi connectivity index (χ2v) is 1.81. The molecule has 0 spiro atoms. The first-order valence-electron chi connectivity index (χ1n) is 4.07. The van der Waals surface area contributed by atoms with Crippen molar-refractivity contribution in [2.75, 3.05) is 20.1 Å². The standard InChI is InChI=1S/C7H14N2.CH5N/c1-3-5-6-9-7-8-4-2;1-2/h3-6H2,1-2H3;2H2,1H3. The van der Waals surface area contributed by atoms with Crippen molar-refractivity contribution in [3.63, 3.8) is 0 Å². The predicted molar refractivity (Wildman–Crippen MR) is 50.3 cm³/mol. The average molecular weight is 157 g/mol. The largest absolute Gasteiger partial charge is 0.333 e. The maximum Gasteiger partial charge on any atom is 0.0892 e. The van der Waals surface area contributed by atoms with Crippen LogP contribution in [0.3, 0.4) is 0 Å². The van der Waals surface area contributed by atoms with E-state index in [4.69, 9.17) is 0 Å². The lowest BCUT2D eigenvalue weighted by atomic mass is 10.3. The van der Waals surface area contributed by atoms with E-state index in [1.165, 1.54) is 13.5 Å². The molecule has 0 aliphatic carbocycles. The lowest BCUT2D eigenvalue weighted by Gasteiger charge is -1.82. The smallest absolute Gasteiger partial charge is 0.0892 e. The van der Waals surface area contributed by atoms with Gasteiger partial charge in [-0.3, -0.25) is 0 Å². The second-order valence-electron chi connectivity index (χ2n) is 1.81. The van der Waals surface area contributed by atoms with Gasteiger partial charge in [0.15, 0.2) is 0 Å². The van der Waals surface area contributed by atoms with E-state index in [1.54, 1.807) is 0 Å². The molecule has 0 saturated carbocycles. The van der Waals surface area contributed by atoms with Crippen molar-refractivity contribution in [1.29, 1.82) is 0 Å². The predicted octanol–water partition coefficient (Wildman–Crippen LogP) is 1.56. The van der Waals surface area contributed by atoms with E-state index in [9.17, 15) is 0 Å². The van der Waals surface area contributed by atoms with Crippen LogP contribution in [0.15, 0.2) is 9.98 Å². The molecule has 66 valence electrons. The summed E-state index contributed by atoms with van der Waals surface area (Å²) in [5, 5.41) is 0. The quantitative estimate of drug-likeness (QED) is 0.488. The van der Waals surface area contributed by atoms with Crippen LogP contribution in [-0.2, 0) is 0 Å². The number of nitrogens with two attached hydrogens (primary N) is 1. The molecule has 0 rings (SSSR count). The van der Waals surface area contributed by atoms with Crippen LogP contribution in [0.2, 0.25) is 0 Å². The fourth-order valence-corrected chi connectivity index (χ4v) is 0.408. The summed E-state index contributed by atoms with van der Waals surface area (Å²) in [5.41, 5.74) is 4.50. The summed E-state index contributed by atoms with van der Waals surface area (Å²) in [4.78, 5) is 7.76. The first kappa shape index (κ1) is 13.0. The molecule has 0 aliphatic rings. The van der Waals surface area contributed by atoms with Gasteiger partial charge >= 0.3 is 0 Å². The Hall–Kier alpha value is -0.660. The molecular weight excluding hydrogens is 138 g/mol. The lowest BCUT2D eigenvalue weighted by Crippen LogP contribution is -1.76. The Morgan fingerprint density at radius 1 is 1.18 bits per heavy atom. The lowest BCUT2D eigenvalue weighted by molar-refractivity contribution is 0.810. The van der Waals surface area contributed by atoms with Crippen LogP contribution >= 0.6 is 0 Å². The molecule has 0 aromatic carbocycles. The van der Waals surface area contributed by atoms with Gasteiger partial charge in [-0.15, -0.1) is 0 Å².